The van der Waals surface area contributed by atoms with Crippen molar-refractivity contribution >= 4 is 29.5 Å². The van der Waals surface area contributed by atoms with Gasteiger partial charge in [0.15, 0.2) is 0 Å². The smallest absolute Gasteiger partial charge is 0.330 e. The minimum Gasteiger partial charge on any atom is -0.464 e. The molecule has 27 heavy (non-hydrogen) atoms. The van der Waals surface area contributed by atoms with E-state index in [0.717, 1.165) is 55.2 Å². The van der Waals surface area contributed by atoms with Gasteiger partial charge in [-0.25, -0.2) is 4.79 Å². The van der Waals surface area contributed by atoms with Crippen LogP contribution in [0, 0.1) is 0 Å². The number of hydrogen-bond donors (Lipinski definition) is 2. The molecule has 1 atom stereocenters. The Hall–Kier alpha value is -2.13. The lowest BCUT2D eigenvalue weighted by molar-refractivity contribution is 0.118. The summed E-state index contributed by atoms with van der Waals surface area (Å²) >= 11 is 1.24. The largest absolute Gasteiger partial charge is 0.464 e. The minimum absolute atomic E-state index is 0.162. The Morgan fingerprint density at radius 1 is 1.44 bits per heavy atom. The highest BCUT2D eigenvalue weighted by Crippen LogP contribution is 2.25. The second kappa shape index (κ2) is 9.18. The van der Waals surface area contributed by atoms with E-state index in [1.165, 1.54) is 12.1 Å². The Kier molecular flexibility index (Phi) is 6.68. The molecule has 0 aromatic carbocycles. The summed E-state index contributed by atoms with van der Waals surface area (Å²) in [5.74, 6) is 1.65. The first-order valence-electron chi connectivity index (χ1n) is 9.32. The van der Waals surface area contributed by atoms with E-state index in [4.69, 9.17) is 9.15 Å². The average molecular weight is 394 g/mol. The molecule has 2 amide bonds. The summed E-state index contributed by atoms with van der Waals surface area (Å²) in [6.45, 7) is 5.50. The molecule has 0 aliphatic carbocycles. The topological polar surface area (TPSA) is 84.6 Å². The fourth-order valence-corrected chi connectivity index (χ4v) is 3.66. The van der Waals surface area contributed by atoms with Gasteiger partial charge in [-0.2, -0.15) is 5.10 Å². The lowest BCUT2D eigenvalue weighted by atomic mass is 10.2. The molecule has 148 valence electrons. The van der Waals surface area contributed by atoms with Gasteiger partial charge in [0.2, 0.25) is 0 Å². The molecule has 3 heterocycles. The van der Waals surface area contributed by atoms with Crippen LogP contribution in [0.4, 0.5) is 16.2 Å². The molecule has 0 radical (unpaired) electrons. The summed E-state index contributed by atoms with van der Waals surface area (Å²) < 4.78 is 18.0. The number of aromatic nitrogens is 2. The SMILES string of the molecule is CCc1cc(NC(=O)NSN(CC2CCCO2)c2cnn(C)c2)c(CC)o1. The van der Waals surface area contributed by atoms with Gasteiger partial charge < -0.3 is 14.5 Å². The van der Waals surface area contributed by atoms with Crippen LogP contribution in [0.3, 0.4) is 0 Å². The van der Waals surface area contributed by atoms with E-state index in [9.17, 15) is 4.79 Å². The van der Waals surface area contributed by atoms with Crippen molar-refractivity contribution in [2.75, 3.05) is 22.8 Å². The van der Waals surface area contributed by atoms with E-state index in [1.54, 1.807) is 10.9 Å². The number of nitrogens with zero attached hydrogens (tertiary/aromatic N) is 3. The molecule has 2 aromatic rings. The lowest BCUT2D eigenvalue weighted by Crippen LogP contribution is -2.33. The number of nitrogens with one attached hydrogen (secondary N) is 2. The minimum atomic E-state index is -0.292. The normalized spacial score (nSPS) is 16.5. The van der Waals surface area contributed by atoms with Crippen molar-refractivity contribution in [2.45, 2.75) is 45.6 Å². The highest BCUT2D eigenvalue weighted by atomic mass is 32.2. The fraction of sp³-hybridized carbons (Fsp3) is 0.556. The van der Waals surface area contributed by atoms with Crippen molar-refractivity contribution in [3.8, 4) is 0 Å². The Balaban J connectivity index is 1.60. The quantitative estimate of drug-likeness (QED) is 0.668. The highest BCUT2D eigenvalue weighted by molar-refractivity contribution is 7.99. The van der Waals surface area contributed by atoms with Crippen molar-refractivity contribution in [1.29, 1.82) is 0 Å². The lowest BCUT2D eigenvalue weighted by Gasteiger charge is -2.24. The van der Waals surface area contributed by atoms with E-state index < -0.39 is 0 Å². The Labute approximate surface area is 163 Å². The maximum atomic E-state index is 12.4. The first-order valence-corrected chi connectivity index (χ1v) is 10.1. The number of carbonyl (C=O) groups excluding carboxylic acids is 1. The van der Waals surface area contributed by atoms with E-state index in [-0.39, 0.29) is 12.1 Å². The zero-order chi connectivity index (χ0) is 19.2. The molecule has 1 aliphatic rings. The van der Waals surface area contributed by atoms with E-state index in [0.29, 0.717) is 6.54 Å². The van der Waals surface area contributed by atoms with Crippen molar-refractivity contribution in [2.24, 2.45) is 7.05 Å². The van der Waals surface area contributed by atoms with Crippen LogP contribution < -0.4 is 14.3 Å². The fourth-order valence-electron chi connectivity index (χ4n) is 2.98. The number of aryl methyl sites for hydroxylation is 3. The van der Waals surface area contributed by atoms with Gasteiger partial charge in [0.05, 0.1) is 42.4 Å². The first-order chi connectivity index (χ1) is 13.1. The third-order valence-corrected chi connectivity index (χ3v) is 5.26. The number of hydrogen-bond acceptors (Lipinski definition) is 6. The van der Waals surface area contributed by atoms with E-state index in [2.05, 4.69) is 15.1 Å². The van der Waals surface area contributed by atoms with Crippen LogP contribution in [0.15, 0.2) is 22.9 Å². The van der Waals surface area contributed by atoms with Gasteiger partial charge in [-0.1, -0.05) is 13.8 Å². The van der Waals surface area contributed by atoms with Crippen molar-refractivity contribution in [1.82, 2.24) is 14.5 Å². The van der Waals surface area contributed by atoms with Gasteiger partial charge >= 0.3 is 6.03 Å². The average Bonchev–Trinajstić information content (AvgIpc) is 3.39. The van der Waals surface area contributed by atoms with Gasteiger partial charge in [0.25, 0.3) is 0 Å². The number of furan rings is 1. The number of amides is 2. The van der Waals surface area contributed by atoms with Gasteiger partial charge in [-0.15, -0.1) is 0 Å². The molecule has 0 spiro atoms. The summed E-state index contributed by atoms with van der Waals surface area (Å²) in [5.41, 5.74) is 1.64. The third-order valence-electron chi connectivity index (χ3n) is 4.40. The highest BCUT2D eigenvalue weighted by Gasteiger charge is 2.22. The molecule has 0 bridgehead atoms. The van der Waals surface area contributed by atoms with Crippen molar-refractivity contribution in [3.05, 3.63) is 30.0 Å². The number of urea groups is 1. The number of carbonyl (C=O) groups is 1. The monoisotopic (exact) mass is 393 g/mol. The van der Waals surface area contributed by atoms with Crippen LogP contribution in [0.1, 0.15) is 38.2 Å². The summed E-state index contributed by atoms with van der Waals surface area (Å²) in [7, 11) is 1.87. The molecule has 1 fully saturated rings. The van der Waals surface area contributed by atoms with Crippen LogP contribution in [0.25, 0.3) is 0 Å². The van der Waals surface area contributed by atoms with E-state index >= 15 is 0 Å². The van der Waals surface area contributed by atoms with Crippen LogP contribution in [-0.2, 0) is 24.6 Å². The second-order valence-electron chi connectivity index (χ2n) is 6.47. The van der Waals surface area contributed by atoms with Crippen molar-refractivity contribution in [3.63, 3.8) is 0 Å². The van der Waals surface area contributed by atoms with Crippen molar-refractivity contribution < 1.29 is 13.9 Å². The Morgan fingerprint density at radius 3 is 2.93 bits per heavy atom. The Morgan fingerprint density at radius 2 is 2.30 bits per heavy atom. The molecule has 3 rings (SSSR count). The maximum absolute atomic E-state index is 12.4. The molecule has 2 N–H and O–H groups in total. The molecule has 2 aromatic heterocycles. The second-order valence-corrected chi connectivity index (χ2v) is 7.30. The van der Waals surface area contributed by atoms with Crippen LogP contribution >= 0.6 is 12.1 Å². The molecular formula is C18H27N5O3S. The van der Waals surface area contributed by atoms with Gasteiger partial charge in [-0.3, -0.25) is 13.7 Å². The summed E-state index contributed by atoms with van der Waals surface area (Å²) in [4.78, 5) is 12.4. The summed E-state index contributed by atoms with van der Waals surface area (Å²) in [6, 6.07) is 1.59. The van der Waals surface area contributed by atoms with Gasteiger partial charge in [-0.05, 0) is 12.8 Å². The predicted octanol–water partition coefficient (Wildman–Crippen LogP) is 3.51. The molecule has 1 saturated heterocycles. The predicted molar refractivity (Wildman–Crippen MR) is 107 cm³/mol. The molecule has 9 heteroatoms. The zero-order valence-corrected chi connectivity index (χ0v) is 16.8. The van der Waals surface area contributed by atoms with Crippen LogP contribution in [0.5, 0.6) is 0 Å². The van der Waals surface area contributed by atoms with Gasteiger partial charge in [0.1, 0.15) is 11.5 Å². The first kappa shape index (κ1) is 19.6. The van der Waals surface area contributed by atoms with Crippen LogP contribution in [0.2, 0.25) is 0 Å². The molecule has 0 saturated carbocycles. The molecule has 8 nitrogen and oxygen atoms in total. The van der Waals surface area contributed by atoms with Crippen LogP contribution in [-0.4, -0.2) is 35.1 Å². The standard InChI is InChI=1S/C18H27N5O3S/c1-4-14-9-16(17(5-2)26-14)20-18(24)21-27-23(12-15-7-6-8-25-15)13-10-19-22(3)11-13/h9-11,15H,4-8,12H2,1-3H3,(H2,20,21,24). The molecule has 1 unspecified atom stereocenters. The van der Waals surface area contributed by atoms with E-state index in [1.807, 2.05) is 37.5 Å². The summed E-state index contributed by atoms with van der Waals surface area (Å²) in [6.07, 6.45) is 7.48. The third kappa shape index (κ3) is 5.20. The molecular weight excluding hydrogens is 366 g/mol. The maximum Gasteiger partial charge on any atom is 0.330 e. The Bertz CT molecular complexity index is 754. The number of ether oxygens (including phenoxy) is 1. The summed E-state index contributed by atoms with van der Waals surface area (Å²) in [5, 5.41) is 7.10. The van der Waals surface area contributed by atoms with Gasteiger partial charge in [0, 0.05) is 38.8 Å². The number of anilines is 2. The number of rotatable bonds is 8. The molecule has 1 aliphatic heterocycles. The zero-order valence-electron chi connectivity index (χ0n) is 16.0.